The van der Waals surface area contributed by atoms with Crippen molar-refractivity contribution in [2.45, 2.75) is 131 Å². The molecule has 42 heteroatoms. The van der Waals surface area contributed by atoms with Gasteiger partial charge in [0.05, 0.1) is 177 Å². The molecule has 5 unspecified atom stereocenters. The Labute approximate surface area is 809 Å². The average molecular weight is 1890 g/mol. The first-order chi connectivity index (χ1) is 59.6. The maximum atomic E-state index is 12.7. The van der Waals surface area contributed by atoms with Crippen LogP contribution in [0.4, 0.5) is 27.6 Å². The van der Waals surface area contributed by atoms with Gasteiger partial charge in [0.25, 0.3) is 0 Å². The van der Waals surface area contributed by atoms with Crippen LogP contribution < -0.4 is 112 Å². The molecule has 29 nitrogen and oxygen atoms in total. The van der Waals surface area contributed by atoms with Gasteiger partial charge in [-0.05, 0) is 153 Å². The maximum Gasteiger partial charge on any atom is 2.00 e. The number of rotatable bonds is 29. The van der Waals surface area contributed by atoms with Crippen LogP contribution in [-0.4, -0.2) is 179 Å². The molecule has 0 saturated carbocycles. The van der Waals surface area contributed by atoms with E-state index in [4.69, 9.17) is 37.9 Å². The van der Waals surface area contributed by atoms with Crippen LogP contribution in [0.3, 0.4) is 0 Å². The topological polar surface area (TPSA) is 375 Å². The molecule has 0 saturated heterocycles. The number of aromatic nitrogens is 13. The molecule has 2 N–H and O–H groups in total. The SMILES string of the molecule is C.COCCCOc1ccnc(CS(=O)c2nc3ccccc3[nH]2)c1C.COc1c(CO)ccnc1CS(=O)c1nc2cc(OC(F)F)ccc2[n-]1.COc1ccc2[n-]c(S(=O)Cc3ncc(C)c(OC)c3C)nc2c1.COc1ccc2[n-]c(S(=O)Cc3ncc(C)c(OC)c3C)nc2c1.Cc1c(OCC(F)(F)F)ccnc1CS(=O)C1=Nc2ccccc2C1.[H-].[Mg+2].[Na+].[Na+]. The minimum Gasteiger partial charge on any atom is -1.00 e. The van der Waals surface area contributed by atoms with E-state index in [2.05, 4.69) is 74.5 Å². The standard InChI is InChI=1S/C18H21N3O3S.C17H15F3N2O2S.2C17H18N3O3S.C16H14F2N3O4S.CH4.Mg.2Na.H/c1-13-16(19-9-8-17(13)24-11-5-10-23-2)12-25(22)18-20-14-6-3-4-7-15(14)21-18;1-11-14(21-7-6-15(11)24-10-17(18,19)20)9-25(23)16-8-12-4-2-3-5-13(12)22-16;2*1-10-8-18-15(11(2)16(10)23-4)9-24(21)17-19-13-6-5-12(22-3)7-14(13)20-17;1-24-14-9(7-22)4-5-19-13(14)8-26(23)16-20-11-3-2-10(25-15(17)18)6-12(11)21-16;;;;;/h3-4,6-9H,5,10-12H2,1-2H3,(H,20,21);2-7H,8-10H2,1H3;2*5-8H,9H2,1-4H3;2-6,15,22H,7-8H2,1H3;1H4;;;;/q;;3*-1;;+2;2*+1;-1. The number of pyridine rings is 5. The molecule has 0 spiro atoms. The quantitative estimate of drug-likeness (QED) is 0.0253. The van der Waals surface area contributed by atoms with Gasteiger partial charge in [-0.1, -0.05) is 56.0 Å². The number of aromatic amines is 1. The van der Waals surface area contributed by atoms with E-state index in [0.717, 1.165) is 90.9 Å². The molecule has 664 valence electrons. The fourth-order valence-corrected chi connectivity index (χ4v) is 17.9. The van der Waals surface area contributed by atoms with Gasteiger partial charge in [0.15, 0.2) is 11.8 Å². The van der Waals surface area contributed by atoms with Gasteiger partial charge < -0.3 is 84.1 Å². The fourth-order valence-electron chi connectivity index (χ4n) is 12.4. The molecule has 1 aliphatic heterocycles. The molecule has 0 fully saturated rings. The van der Waals surface area contributed by atoms with Gasteiger partial charge in [-0.2, -0.15) is 22.0 Å². The molecule has 0 bridgehead atoms. The second kappa shape index (κ2) is 50.3. The minimum absolute atomic E-state index is 0. The number of methoxy groups -OCH3 is 6. The van der Waals surface area contributed by atoms with Gasteiger partial charge in [-0.25, -0.2) is 9.98 Å². The number of hydrogen-bond acceptors (Lipinski definition) is 25. The molecule has 9 aromatic heterocycles. The summed E-state index contributed by atoms with van der Waals surface area (Å²) in [5.41, 5.74) is 15.6. The van der Waals surface area contributed by atoms with E-state index in [9.17, 15) is 48.1 Å². The molecular formula is C86H91F5MgN14Na2O15S5. The second-order valence-electron chi connectivity index (χ2n) is 27.1. The maximum absolute atomic E-state index is 12.7. The number of H-pyrrole nitrogens is 1. The summed E-state index contributed by atoms with van der Waals surface area (Å²) in [5.74, 6) is 4.95. The largest absolute Gasteiger partial charge is 2.00 e. The molecule has 128 heavy (non-hydrogen) atoms. The van der Waals surface area contributed by atoms with Crippen LogP contribution in [0.5, 0.6) is 46.0 Å². The van der Waals surface area contributed by atoms with E-state index < -0.39 is 73.4 Å². The van der Waals surface area contributed by atoms with Crippen molar-refractivity contribution in [3.8, 4) is 46.0 Å². The predicted octanol–water partition coefficient (Wildman–Crippen LogP) is 8.29. The zero-order valence-corrected chi connectivity index (χ0v) is 81.4. The summed E-state index contributed by atoms with van der Waals surface area (Å²) in [6.45, 7) is 7.91. The number of aliphatic hydroxyl groups is 1. The van der Waals surface area contributed by atoms with Gasteiger partial charge in [0.2, 0.25) is 0 Å². The van der Waals surface area contributed by atoms with Crippen molar-refractivity contribution in [3.63, 3.8) is 0 Å². The zero-order valence-electron chi connectivity index (χ0n) is 72.9. The van der Waals surface area contributed by atoms with Gasteiger partial charge >= 0.3 is 95.0 Å². The first kappa shape index (κ1) is 106. The molecule has 15 rings (SSSR count). The number of alkyl halides is 5. The number of hydrogen-bond donors (Lipinski definition) is 2. The van der Waals surface area contributed by atoms with Crippen molar-refractivity contribution in [3.05, 3.63) is 225 Å². The summed E-state index contributed by atoms with van der Waals surface area (Å²) < 4.78 is 171. The third-order valence-electron chi connectivity index (χ3n) is 18.8. The first-order valence-corrected chi connectivity index (χ1v) is 44.4. The summed E-state index contributed by atoms with van der Waals surface area (Å²) in [6.07, 6.45) is 4.89. The molecule has 14 aromatic rings. The summed E-state index contributed by atoms with van der Waals surface area (Å²) in [4.78, 5) is 59.0. The molecule has 1 aliphatic rings. The Hall–Kier alpha value is -9.11. The second-order valence-corrected chi connectivity index (χ2v) is 34.0. The minimum atomic E-state index is -4.41. The Morgan fingerprint density at radius 1 is 0.492 bits per heavy atom. The third kappa shape index (κ3) is 28.2. The summed E-state index contributed by atoms with van der Waals surface area (Å²) in [6, 6.07) is 34.9. The van der Waals surface area contributed by atoms with E-state index in [-0.39, 0.29) is 137 Å². The van der Waals surface area contributed by atoms with Crippen molar-refractivity contribution in [1.82, 2.24) is 64.8 Å². The molecule has 10 heterocycles. The van der Waals surface area contributed by atoms with Crippen LogP contribution in [0.2, 0.25) is 0 Å². The summed E-state index contributed by atoms with van der Waals surface area (Å²) in [5, 5.41) is 11.0. The average Bonchev–Trinajstić information content (AvgIpc) is 1.52. The smallest absolute Gasteiger partial charge is 1.00 e. The van der Waals surface area contributed by atoms with Gasteiger partial charge in [0, 0.05) is 112 Å². The molecule has 5 atom stereocenters. The van der Waals surface area contributed by atoms with Crippen LogP contribution in [0.15, 0.2) is 178 Å². The van der Waals surface area contributed by atoms with Gasteiger partial charge in [0.1, 0.15) is 51.0 Å². The van der Waals surface area contributed by atoms with Gasteiger partial charge in [-0.15, -0.1) is 0 Å². The monoisotopic (exact) mass is 1880 g/mol. The van der Waals surface area contributed by atoms with Crippen molar-refractivity contribution < 1.29 is 151 Å². The number of halogens is 5. The Morgan fingerprint density at radius 2 is 0.938 bits per heavy atom. The van der Waals surface area contributed by atoms with Crippen LogP contribution >= 0.6 is 0 Å². The Bertz CT molecular complexity index is 6100. The van der Waals surface area contributed by atoms with E-state index in [1.54, 1.807) is 104 Å². The fraction of sp³-hybridized carbons (Fsp3) is 0.302. The number of benzene rings is 5. The van der Waals surface area contributed by atoms with E-state index >= 15 is 0 Å². The number of aliphatic imine (C=N–C) groups is 1. The first-order valence-electron chi connectivity index (χ1n) is 37.8. The summed E-state index contributed by atoms with van der Waals surface area (Å²) in [7, 11) is 2.42. The number of ether oxygens (including phenoxy) is 9. The number of para-hydroxylation sites is 3. The van der Waals surface area contributed by atoms with Crippen LogP contribution in [-0.2, 0) is 101 Å². The number of imidazole rings is 4. The molecule has 5 aromatic carbocycles. The molecule has 0 amide bonds. The Balaban J connectivity index is 0.000000246. The van der Waals surface area contributed by atoms with Crippen molar-refractivity contribution >= 4 is 132 Å². The van der Waals surface area contributed by atoms with Crippen molar-refractivity contribution in [2.75, 3.05) is 62.5 Å². The van der Waals surface area contributed by atoms with Crippen LogP contribution in [0.25, 0.3) is 44.1 Å². The van der Waals surface area contributed by atoms with E-state index in [1.165, 1.54) is 43.8 Å². The normalized spacial score (nSPS) is 12.5. The van der Waals surface area contributed by atoms with Crippen LogP contribution in [0.1, 0.15) is 88.3 Å². The third-order valence-corrected chi connectivity index (χ3v) is 24.6. The van der Waals surface area contributed by atoms with Gasteiger partial charge in [-0.3, -0.25) is 46.0 Å². The van der Waals surface area contributed by atoms with E-state index in [0.29, 0.717) is 119 Å². The van der Waals surface area contributed by atoms with E-state index in [1.807, 2.05) is 89.2 Å². The molecular weight excluding hydrogens is 1790 g/mol. The number of aliphatic hydroxyl groups excluding tert-OH is 1. The number of aryl methyl sites for hydroxylation is 2. The Kier molecular flexibility index (Phi) is 41.7. The number of nitrogens with zero attached hydrogens (tertiary/aromatic N) is 13. The van der Waals surface area contributed by atoms with Crippen molar-refractivity contribution in [2.24, 2.45) is 4.99 Å². The number of nitrogens with one attached hydrogen (secondary N) is 1. The Morgan fingerprint density at radius 3 is 1.41 bits per heavy atom. The van der Waals surface area contributed by atoms with Crippen molar-refractivity contribution in [1.29, 1.82) is 0 Å². The number of fused-ring (bicyclic) bond motifs is 5. The van der Waals surface area contributed by atoms with Crippen LogP contribution in [0, 0.1) is 41.5 Å². The molecule has 0 radical (unpaired) electrons. The zero-order chi connectivity index (χ0) is 88.9. The molecule has 0 aliphatic carbocycles. The summed E-state index contributed by atoms with van der Waals surface area (Å²) >= 11 is 0. The predicted molar refractivity (Wildman–Crippen MR) is 473 cm³/mol.